The highest BCUT2D eigenvalue weighted by molar-refractivity contribution is 5.43. The summed E-state index contributed by atoms with van der Waals surface area (Å²) in [6.45, 7) is 0.501. The van der Waals surface area contributed by atoms with Crippen LogP contribution in [-0.2, 0) is 6.54 Å². The Morgan fingerprint density at radius 3 is 2.81 bits per heavy atom. The minimum atomic E-state index is -0.318. The summed E-state index contributed by atoms with van der Waals surface area (Å²) in [5.74, 6) is 1.10. The van der Waals surface area contributed by atoms with Crippen molar-refractivity contribution in [3.8, 4) is 0 Å². The average molecular weight is 287 g/mol. The lowest BCUT2D eigenvalue weighted by molar-refractivity contribution is 0.595. The lowest BCUT2D eigenvalue weighted by Gasteiger charge is -2.13. The maximum atomic E-state index is 14.3. The Bertz CT molecular complexity index is 640. The van der Waals surface area contributed by atoms with Crippen LogP contribution in [0.4, 0.5) is 16.0 Å². The summed E-state index contributed by atoms with van der Waals surface area (Å²) in [6, 6.07) is 3.87. The third-order valence-electron chi connectivity index (χ3n) is 3.51. The normalized spacial score (nSPS) is 14.0. The van der Waals surface area contributed by atoms with Crippen molar-refractivity contribution in [2.45, 2.75) is 25.3 Å². The Labute approximate surface area is 123 Å². The molecular weight excluding hydrogens is 269 g/mol. The second-order valence-electron chi connectivity index (χ2n) is 5.47. The molecule has 3 rings (SSSR count). The number of hydrogen-bond donors (Lipinski definition) is 1. The van der Waals surface area contributed by atoms with Crippen LogP contribution in [0.5, 0.6) is 0 Å². The van der Waals surface area contributed by atoms with Gasteiger partial charge in [-0.2, -0.15) is 0 Å². The Hall–Kier alpha value is -2.24. The second kappa shape index (κ2) is 5.63. The molecule has 0 radical (unpaired) electrons. The summed E-state index contributed by atoms with van der Waals surface area (Å²) in [6.07, 6.45) is 5.21. The minimum absolute atomic E-state index is 0.273. The SMILES string of the molecule is CN(C)c1cc(CNc2ncnc(C3CC3)c2F)ccn1. The van der Waals surface area contributed by atoms with Gasteiger partial charge in [0.15, 0.2) is 11.6 Å². The summed E-state index contributed by atoms with van der Waals surface area (Å²) in [7, 11) is 3.87. The largest absolute Gasteiger partial charge is 0.363 e. The van der Waals surface area contributed by atoms with E-state index in [0.717, 1.165) is 24.2 Å². The van der Waals surface area contributed by atoms with Gasteiger partial charge in [0.25, 0.3) is 0 Å². The van der Waals surface area contributed by atoms with E-state index in [2.05, 4.69) is 20.3 Å². The molecule has 21 heavy (non-hydrogen) atoms. The van der Waals surface area contributed by atoms with E-state index in [1.54, 1.807) is 6.20 Å². The third kappa shape index (κ3) is 3.09. The van der Waals surface area contributed by atoms with Crippen LogP contribution in [0.15, 0.2) is 24.7 Å². The van der Waals surface area contributed by atoms with Crippen molar-refractivity contribution in [1.82, 2.24) is 15.0 Å². The Kier molecular flexibility index (Phi) is 3.68. The van der Waals surface area contributed by atoms with E-state index in [0.29, 0.717) is 12.2 Å². The second-order valence-corrected chi connectivity index (χ2v) is 5.47. The van der Waals surface area contributed by atoms with Gasteiger partial charge in [0, 0.05) is 32.8 Å². The number of rotatable bonds is 5. The molecule has 0 unspecified atom stereocenters. The molecule has 1 N–H and O–H groups in total. The van der Waals surface area contributed by atoms with Crippen molar-refractivity contribution >= 4 is 11.6 Å². The van der Waals surface area contributed by atoms with Crippen LogP contribution in [0.2, 0.25) is 0 Å². The highest BCUT2D eigenvalue weighted by Gasteiger charge is 2.29. The Morgan fingerprint density at radius 1 is 1.29 bits per heavy atom. The first kappa shape index (κ1) is 13.7. The molecule has 0 amide bonds. The molecular formula is C15H18FN5. The molecule has 5 nitrogen and oxygen atoms in total. The number of nitrogens with one attached hydrogen (secondary N) is 1. The topological polar surface area (TPSA) is 53.9 Å². The standard InChI is InChI=1S/C15H18FN5/c1-21(2)12-7-10(5-6-17-12)8-18-15-13(16)14(11-3-4-11)19-9-20-15/h5-7,9,11H,3-4,8H2,1-2H3,(H,18,19,20). The molecule has 2 aromatic rings. The lowest BCUT2D eigenvalue weighted by Crippen LogP contribution is -2.12. The molecule has 0 spiro atoms. The van der Waals surface area contributed by atoms with Crippen LogP contribution in [0.25, 0.3) is 0 Å². The smallest absolute Gasteiger partial charge is 0.187 e. The summed E-state index contributed by atoms with van der Waals surface area (Å²) < 4.78 is 14.3. The highest BCUT2D eigenvalue weighted by atomic mass is 19.1. The van der Waals surface area contributed by atoms with Crippen LogP contribution in [0.1, 0.15) is 30.0 Å². The number of nitrogens with zero attached hydrogens (tertiary/aromatic N) is 4. The van der Waals surface area contributed by atoms with Crippen molar-refractivity contribution in [1.29, 1.82) is 0 Å². The highest BCUT2D eigenvalue weighted by Crippen LogP contribution is 2.40. The van der Waals surface area contributed by atoms with Gasteiger partial charge in [-0.15, -0.1) is 0 Å². The summed E-state index contributed by atoms with van der Waals surface area (Å²) >= 11 is 0. The number of halogens is 1. The average Bonchev–Trinajstić information content (AvgIpc) is 3.31. The van der Waals surface area contributed by atoms with Gasteiger partial charge < -0.3 is 10.2 Å². The van der Waals surface area contributed by atoms with Gasteiger partial charge in [0.1, 0.15) is 12.1 Å². The maximum absolute atomic E-state index is 14.3. The molecule has 0 aromatic carbocycles. The van der Waals surface area contributed by atoms with E-state index in [9.17, 15) is 4.39 Å². The molecule has 1 saturated carbocycles. The monoisotopic (exact) mass is 287 g/mol. The zero-order valence-corrected chi connectivity index (χ0v) is 12.2. The van der Waals surface area contributed by atoms with Crippen molar-refractivity contribution < 1.29 is 4.39 Å². The molecule has 0 aliphatic heterocycles. The van der Waals surface area contributed by atoms with E-state index in [1.807, 2.05) is 31.1 Å². The molecule has 0 atom stereocenters. The summed E-state index contributed by atoms with van der Waals surface area (Å²) in [4.78, 5) is 14.2. The van der Waals surface area contributed by atoms with E-state index in [1.165, 1.54) is 6.33 Å². The predicted molar refractivity (Wildman–Crippen MR) is 79.9 cm³/mol. The number of aromatic nitrogens is 3. The van der Waals surface area contributed by atoms with E-state index in [-0.39, 0.29) is 17.6 Å². The summed E-state index contributed by atoms with van der Waals surface area (Å²) in [5.41, 5.74) is 1.57. The van der Waals surface area contributed by atoms with Gasteiger partial charge in [-0.25, -0.2) is 19.3 Å². The fourth-order valence-corrected chi connectivity index (χ4v) is 2.15. The van der Waals surface area contributed by atoms with Crippen molar-refractivity contribution in [3.63, 3.8) is 0 Å². The van der Waals surface area contributed by atoms with Gasteiger partial charge in [-0.3, -0.25) is 0 Å². The quantitative estimate of drug-likeness (QED) is 0.916. The van der Waals surface area contributed by atoms with Crippen LogP contribution in [0, 0.1) is 5.82 Å². The molecule has 110 valence electrons. The van der Waals surface area contributed by atoms with E-state index in [4.69, 9.17) is 0 Å². The molecule has 6 heteroatoms. The summed E-state index contributed by atoms with van der Waals surface area (Å²) in [5, 5.41) is 3.05. The van der Waals surface area contributed by atoms with Gasteiger partial charge in [-0.05, 0) is 30.5 Å². The van der Waals surface area contributed by atoms with Gasteiger partial charge in [0.2, 0.25) is 0 Å². The predicted octanol–water partition coefficient (Wildman–Crippen LogP) is 2.57. The molecule has 2 aromatic heterocycles. The Balaban J connectivity index is 1.73. The molecule has 0 bridgehead atoms. The first-order valence-corrected chi connectivity index (χ1v) is 7.01. The van der Waals surface area contributed by atoms with Gasteiger partial charge >= 0.3 is 0 Å². The zero-order valence-electron chi connectivity index (χ0n) is 12.2. The van der Waals surface area contributed by atoms with Crippen LogP contribution in [-0.4, -0.2) is 29.0 Å². The lowest BCUT2D eigenvalue weighted by atomic mass is 10.2. The molecule has 1 fully saturated rings. The van der Waals surface area contributed by atoms with E-state index >= 15 is 0 Å². The third-order valence-corrected chi connectivity index (χ3v) is 3.51. The zero-order chi connectivity index (χ0) is 14.8. The molecule has 0 saturated heterocycles. The van der Waals surface area contributed by atoms with E-state index < -0.39 is 0 Å². The number of pyridine rings is 1. The van der Waals surface area contributed by atoms with Crippen molar-refractivity contribution in [2.75, 3.05) is 24.3 Å². The van der Waals surface area contributed by atoms with Crippen LogP contribution >= 0.6 is 0 Å². The molecule has 1 aliphatic carbocycles. The van der Waals surface area contributed by atoms with Gasteiger partial charge in [-0.1, -0.05) is 0 Å². The molecule has 1 aliphatic rings. The molecule has 2 heterocycles. The fraction of sp³-hybridized carbons (Fsp3) is 0.400. The first-order valence-electron chi connectivity index (χ1n) is 7.01. The minimum Gasteiger partial charge on any atom is -0.363 e. The fourth-order valence-electron chi connectivity index (χ4n) is 2.15. The first-order chi connectivity index (χ1) is 10.1. The Morgan fingerprint density at radius 2 is 2.10 bits per heavy atom. The van der Waals surface area contributed by atoms with Crippen LogP contribution < -0.4 is 10.2 Å². The maximum Gasteiger partial charge on any atom is 0.187 e. The van der Waals surface area contributed by atoms with Gasteiger partial charge in [0.05, 0.1) is 5.69 Å². The van der Waals surface area contributed by atoms with Crippen molar-refractivity contribution in [3.05, 3.63) is 41.7 Å². The van der Waals surface area contributed by atoms with Crippen molar-refractivity contribution in [2.24, 2.45) is 0 Å². The number of anilines is 2. The number of hydrogen-bond acceptors (Lipinski definition) is 5. The van der Waals surface area contributed by atoms with Crippen LogP contribution in [0.3, 0.4) is 0 Å².